The molecule has 3 rings (SSSR count). The molecule has 0 bridgehead atoms. The van der Waals surface area contributed by atoms with Crippen LogP contribution in [0.5, 0.6) is 5.75 Å². The third-order valence-corrected chi connectivity index (χ3v) is 3.78. The molecular formula is C21H20N2O. The van der Waals surface area contributed by atoms with Crippen molar-refractivity contribution in [3.8, 4) is 22.9 Å². The fourth-order valence-corrected chi connectivity index (χ4v) is 2.58. The van der Waals surface area contributed by atoms with Gasteiger partial charge in [0, 0.05) is 11.1 Å². The van der Waals surface area contributed by atoms with Crippen molar-refractivity contribution < 1.29 is 4.74 Å². The first kappa shape index (κ1) is 16.0. The van der Waals surface area contributed by atoms with E-state index in [4.69, 9.17) is 4.74 Å². The van der Waals surface area contributed by atoms with Crippen LogP contribution in [0.4, 0.5) is 0 Å². The highest BCUT2D eigenvalue weighted by atomic mass is 16.5. The summed E-state index contributed by atoms with van der Waals surface area (Å²) < 4.78 is 5.81. The Morgan fingerprint density at radius 2 is 1.83 bits per heavy atom. The quantitative estimate of drug-likeness (QED) is 0.671. The summed E-state index contributed by atoms with van der Waals surface area (Å²) in [5.74, 6) is 1.17. The third-order valence-electron chi connectivity index (χ3n) is 3.78. The molecule has 1 heterocycles. The van der Waals surface area contributed by atoms with Crippen LogP contribution in [-0.4, -0.2) is 11.6 Å². The van der Waals surface area contributed by atoms with Gasteiger partial charge in [-0.2, -0.15) is 5.26 Å². The number of rotatable bonds is 4. The van der Waals surface area contributed by atoms with E-state index in [1.807, 2.05) is 25.1 Å². The van der Waals surface area contributed by atoms with Crippen LogP contribution in [-0.2, 0) is 0 Å². The number of benzene rings is 2. The number of aryl methyl sites for hydroxylation is 1. The predicted molar refractivity (Wildman–Crippen MR) is 97.0 cm³/mol. The summed E-state index contributed by atoms with van der Waals surface area (Å²) in [7, 11) is 0. The zero-order chi connectivity index (χ0) is 17.1. The van der Waals surface area contributed by atoms with Gasteiger partial charge in [0.25, 0.3) is 0 Å². The van der Waals surface area contributed by atoms with Crippen molar-refractivity contribution >= 4 is 10.9 Å². The van der Waals surface area contributed by atoms with E-state index in [0.29, 0.717) is 18.1 Å². The number of aromatic nitrogens is 1. The van der Waals surface area contributed by atoms with Gasteiger partial charge in [0.05, 0.1) is 23.8 Å². The van der Waals surface area contributed by atoms with E-state index in [1.54, 1.807) is 6.07 Å². The molecule has 0 saturated heterocycles. The predicted octanol–water partition coefficient (Wildman–Crippen LogP) is 5.12. The first-order chi connectivity index (χ1) is 11.5. The monoisotopic (exact) mass is 316 g/mol. The van der Waals surface area contributed by atoms with Gasteiger partial charge in [-0.1, -0.05) is 32.0 Å². The minimum Gasteiger partial charge on any atom is -0.493 e. The summed E-state index contributed by atoms with van der Waals surface area (Å²) in [4.78, 5) is 4.59. The molecule has 1 aromatic heterocycles. The molecule has 3 heteroatoms. The molecule has 0 amide bonds. The van der Waals surface area contributed by atoms with Crippen molar-refractivity contribution in [2.45, 2.75) is 20.8 Å². The van der Waals surface area contributed by atoms with Crippen LogP contribution in [0.15, 0.2) is 48.5 Å². The number of hydrogen-bond donors (Lipinski definition) is 0. The lowest BCUT2D eigenvalue weighted by Crippen LogP contribution is -2.04. The average molecular weight is 316 g/mol. The van der Waals surface area contributed by atoms with E-state index >= 15 is 0 Å². The SMILES string of the molecule is Cc1ccc2ccc(-c3cc(C#N)cc(OCC(C)C)c3)cc2n1. The summed E-state index contributed by atoms with van der Waals surface area (Å²) in [5, 5.41) is 10.4. The van der Waals surface area contributed by atoms with E-state index in [2.05, 4.69) is 49.2 Å². The minimum atomic E-state index is 0.437. The zero-order valence-electron chi connectivity index (χ0n) is 14.2. The van der Waals surface area contributed by atoms with E-state index in [-0.39, 0.29) is 0 Å². The Morgan fingerprint density at radius 3 is 2.58 bits per heavy atom. The van der Waals surface area contributed by atoms with E-state index in [9.17, 15) is 5.26 Å². The summed E-state index contributed by atoms with van der Waals surface area (Å²) >= 11 is 0. The highest BCUT2D eigenvalue weighted by molar-refractivity contribution is 5.84. The van der Waals surface area contributed by atoms with Gasteiger partial charge >= 0.3 is 0 Å². The minimum absolute atomic E-state index is 0.437. The van der Waals surface area contributed by atoms with Gasteiger partial charge < -0.3 is 4.74 Å². The van der Waals surface area contributed by atoms with Crippen molar-refractivity contribution in [3.05, 3.63) is 59.8 Å². The number of pyridine rings is 1. The summed E-state index contributed by atoms with van der Waals surface area (Å²) in [6.07, 6.45) is 0. The fourth-order valence-electron chi connectivity index (χ4n) is 2.58. The molecule has 0 atom stereocenters. The molecule has 2 aromatic carbocycles. The van der Waals surface area contributed by atoms with Gasteiger partial charge in [0.15, 0.2) is 0 Å². The van der Waals surface area contributed by atoms with Gasteiger partial charge in [-0.15, -0.1) is 0 Å². The number of nitrogens with zero attached hydrogens (tertiary/aromatic N) is 2. The Balaban J connectivity index is 2.04. The molecule has 3 nitrogen and oxygen atoms in total. The van der Waals surface area contributed by atoms with E-state index in [1.165, 1.54) is 0 Å². The van der Waals surface area contributed by atoms with E-state index in [0.717, 1.165) is 33.5 Å². The molecule has 0 N–H and O–H groups in total. The van der Waals surface area contributed by atoms with Gasteiger partial charge in [-0.05, 0) is 54.3 Å². The van der Waals surface area contributed by atoms with Gasteiger partial charge in [0.2, 0.25) is 0 Å². The maximum Gasteiger partial charge on any atom is 0.121 e. The molecule has 0 aliphatic heterocycles. The Labute approximate surface area is 142 Å². The normalized spacial score (nSPS) is 10.8. The molecule has 0 unspecified atom stereocenters. The Kier molecular flexibility index (Phi) is 4.48. The van der Waals surface area contributed by atoms with Crippen molar-refractivity contribution in [3.63, 3.8) is 0 Å². The smallest absolute Gasteiger partial charge is 0.121 e. The zero-order valence-corrected chi connectivity index (χ0v) is 14.2. The second-order valence-corrected chi connectivity index (χ2v) is 6.42. The van der Waals surface area contributed by atoms with Crippen LogP contribution in [0.2, 0.25) is 0 Å². The lowest BCUT2D eigenvalue weighted by Gasteiger charge is -2.11. The van der Waals surface area contributed by atoms with Crippen molar-refractivity contribution in [1.82, 2.24) is 4.98 Å². The van der Waals surface area contributed by atoms with Crippen molar-refractivity contribution in [1.29, 1.82) is 5.26 Å². The van der Waals surface area contributed by atoms with Crippen molar-refractivity contribution in [2.75, 3.05) is 6.61 Å². The second kappa shape index (κ2) is 6.72. The lowest BCUT2D eigenvalue weighted by atomic mass is 10.0. The summed E-state index contributed by atoms with van der Waals surface area (Å²) in [6, 6.07) is 18.1. The van der Waals surface area contributed by atoms with Crippen LogP contribution in [0, 0.1) is 24.2 Å². The Morgan fingerprint density at radius 1 is 1.04 bits per heavy atom. The van der Waals surface area contributed by atoms with Gasteiger partial charge in [-0.3, -0.25) is 4.98 Å². The lowest BCUT2D eigenvalue weighted by molar-refractivity contribution is 0.271. The summed E-state index contributed by atoms with van der Waals surface area (Å²) in [6.45, 7) is 6.83. The van der Waals surface area contributed by atoms with Crippen LogP contribution in [0.3, 0.4) is 0 Å². The molecule has 0 fully saturated rings. The van der Waals surface area contributed by atoms with Crippen LogP contribution >= 0.6 is 0 Å². The topological polar surface area (TPSA) is 45.9 Å². The molecule has 24 heavy (non-hydrogen) atoms. The number of ether oxygens (including phenoxy) is 1. The third kappa shape index (κ3) is 3.55. The number of fused-ring (bicyclic) bond motifs is 1. The molecule has 120 valence electrons. The number of hydrogen-bond acceptors (Lipinski definition) is 3. The molecule has 0 saturated carbocycles. The largest absolute Gasteiger partial charge is 0.493 e. The fraction of sp³-hybridized carbons (Fsp3) is 0.238. The molecule has 3 aromatic rings. The average Bonchev–Trinajstić information content (AvgIpc) is 2.59. The molecule has 0 radical (unpaired) electrons. The van der Waals surface area contributed by atoms with Crippen molar-refractivity contribution in [2.24, 2.45) is 5.92 Å². The first-order valence-corrected chi connectivity index (χ1v) is 8.11. The Bertz CT molecular complexity index is 923. The van der Waals surface area contributed by atoms with Crippen LogP contribution < -0.4 is 4.74 Å². The first-order valence-electron chi connectivity index (χ1n) is 8.11. The maximum atomic E-state index is 9.30. The van der Waals surface area contributed by atoms with Crippen LogP contribution in [0.1, 0.15) is 25.1 Å². The highest BCUT2D eigenvalue weighted by Crippen LogP contribution is 2.28. The van der Waals surface area contributed by atoms with Gasteiger partial charge in [0.1, 0.15) is 5.75 Å². The summed E-state index contributed by atoms with van der Waals surface area (Å²) in [5.41, 5.74) is 4.56. The number of nitriles is 1. The molecular weight excluding hydrogens is 296 g/mol. The standard InChI is InChI=1S/C21H20N2O/c1-14(2)13-24-20-9-16(12-22)8-19(10-20)18-7-6-17-5-4-15(3)23-21(17)11-18/h4-11,14H,13H2,1-3H3. The molecule has 0 aliphatic carbocycles. The molecule has 0 spiro atoms. The Hall–Kier alpha value is -2.86. The molecule has 0 aliphatic rings. The van der Waals surface area contributed by atoms with Crippen LogP contribution in [0.25, 0.3) is 22.0 Å². The second-order valence-electron chi connectivity index (χ2n) is 6.42. The maximum absolute atomic E-state index is 9.30. The van der Waals surface area contributed by atoms with E-state index < -0.39 is 0 Å². The highest BCUT2D eigenvalue weighted by Gasteiger charge is 2.07. The van der Waals surface area contributed by atoms with Gasteiger partial charge in [-0.25, -0.2) is 0 Å².